The van der Waals surface area contributed by atoms with Crippen molar-refractivity contribution >= 4 is 5.69 Å². The van der Waals surface area contributed by atoms with Crippen molar-refractivity contribution in [2.24, 2.45) is 5.73 Å². The molecule has 0 aliphatic carbocycles. The Labute approximate surface area is 110 Å². The Bertz CT molecular complexity index is 406. The van der Waals surface area contributed by atoms with Crippen LogP contribution in [-0.2, 0) is 0 Å². The van der Waals surface area contributed by atoms with Gasteiger partial charge in [-0.2, -0.15) is 13.2 Å². The van der Waals surface area contributed by atoms with Crippen molar-refractivity contribution in [1.82, 2.24) is 0 Å². The molecule has 2 nitrogen and oxygen atoms in total. The summed E-state index contributed by atoms with van der Waals surface area (Å²) in [5.41, 5.74) is 5.44. The lowest BCUT2D eigenvalue weighted by Gasteiger charge is -2.31. The summed E-state index contributed by atoms with van der Waals surface area (Å²) in [7, 11) is 0. The first-order valence-electron chi connectivity index (χ1n) is 6.05. The number of hydrogen-bond acceptors (Lipinski definition) is 2. The molecule has 108 valence electrons. The van der Waals surface area contributed by atoms with E-state index in [1.165, 1.54) is 18.2 Å². The number of nitrogens with one attached hydrogen (secondary N) is 1. The highest BCUT2D eigenvalue weighted by molar-refractivity contribution is 5.45. The molecule has 0 aliphatic rings. The summed E-state index contributed by atoms with van der Waals surface area (Å²) in [4.78, 5) is 0. The summed E-state index contributed by atoms with van der Waals surface area (Å²) in [5, 5.41) is 3.00. The summed E-state index contributed by atoms with van der Waals surface area (Å²) < 4.78 is 49.4. The van der Waals surface area contributed by atoms with E-state index >= 15 is 0 Å². The minimum Gasteiger partial charge on any atom is -0.379 e. The molecular formula is C13H18F4N2. The summed E-state index contributed by atoms with van der Waals surface area (Å²) in [6.45, 7) is 1.90. The number of anilines is 1. The SMILES string of the molecule is CC(CN)(CCCC(F)(F)F)Nc1cccc(F)c1. The summed E-state index contributed by atoms with van der Waals surface area (Å²) in [5.74, 6) is -0.403. The molecule has 0 aromatic heterocycles. The van der Waals surface area contributed by atoms with Crippen molar-refractivity contribution in [3.05, 3.63) is 30.1 Å². The van der Waals surface area contributed by atoms with Crippen LogP contribution in [0.15, 0.2) is 24.3 Å². The highest BCUT2D eigenvalue weighted by Crippen LogP contribution is 2.26. The quantitative estimate of drug-likeness (QED) is 0.779. The highest BCUT2D eigenvalue weighted by Gasteiger charge is 2.29. The average molecular weight is 278 g/mol. The van der Waals surface area contributed by atoms with E-state index in [9.17, 15) is 17.6 Å². The molecule has 19 heavy (non-hydrogen) atoms. The van der Waals surface area contributed by atoms with Crippen molar-refractivity contribution < 1.29 is 17.6 Å². The van der Waals surface area contributed by atoms with E-state index < -0.39 is 24.0 Å². The van der Waals surface area contributed by atoms with Crippen LogP contribution in [0, 0.1) is 5.82 Å². The van der Waals surface area contributed by atoms with Gasteiger partial charge in [0.05, 0.1) is 0 Å². The van der Waals surface area contributed by atoms with Gasteiger partial charge in [0, 0.05) is 24.2 Å². The largest absolute Gasteiger partial charge is 0.389 e. The third-order valence-corrected chi connectivity index (χ3v) is 2.91. The summed E-state index contributed by atoms with van der Waals surface area (Å²) in [6, 6.07) is 5.78. The number of hydrogen-bond donors (Lipinski definition) is 2. The van der Waals surface area contributed by atoms with Crippen LogP contribution in [0.1, 0.15) is 26.2 Å². The maximum atomic E-state index is 13.0. The number of alkyl halides is 3. The van der Waals surface area contributed by atoms with E-state index in [-0.39, 0.29) is 19.4 Å². The molecule has 0 saturated carbocycles. The lowest BCUT2D eigenvalue weighted by atomic mass is 9.94. The Morgan fingerprint density at radius 1 is 1.21 bits per heavy atom. The van der Waals surface area contributed by atoms with Crippen LogP contribution in [0.4, 0.5) is 23.2 Å². The minimum absolute atomic E-state index is 0.0144. The molecule has 1 aromatic rings. The zero-order valence-corrected chi connectivity index (χ0v) is 10.7. The van der Waals surface area contributed by atoms with E-state index in [0.29, 0.717) is 5.69 Å². The van der Waals surface area contributed by atoms with Crippen LogP contribution in [-0.4, -0.2) is 18.3 Å². The fourth-order valence-electron chi connectivity index (χ4n) is 1.81. The third-order valence-electron chi connectivity index (χ3n) is 2.91. The van der Waals surface area contributed by atoms with Crippen LogP contribution < -0.4 is 11.1 Å². The standard InChI is InChI=1S/C13H18F4N2/c1-12(9-18,6-3-7-13(15,16)17)19-11-5-2-4-10(14)8-11/h2,4-5,8,19H,3,6-7,9,18H2,1H3. The molecule has 6 heteroatoms. The molecule has 0 aliphatic heterocycles. The summed E-state index contributed by atoms with van der Waals surface area (Å²) >= 11 is 0. The normalized spacial score (nSPS) is 15.1. The molecule has 1 unspecified atom stereocenters. The smallest absolute Gasteiger partial charge is 0.379 e. The topological polar surface area (TPSA) is 38.0 Å². The van der Waals surface area contributed by atoms with Crippen molar-refractivity contribution in [3.8, 4) is 0 Å². The van der Waals surface area contributed by atoms with Gasteiger partial charge in [0.1, 0.15) is 5.82 Å². The van der Waals surface area contributed by atoms with Gasteiger partial charge in [-0.15, -0.1) is 0 Å². The first-order chi connectivity index (χ1) is 8.74. The average Bonchev–Trinajstić information content (AvgIpc) is 2.27. The fraction of sp³-hybridized carbons (Fsp3) is 0.538. The van der Waals surface area contributed by atoms with Crippen molar-refractivity contribution in [1.29, 1.82) is 0 Å². The second-order valence-corrected chi connectivity index (χ2v) is 4.87. The monoisotopic (exact) mass is 278 g/mol. The molecule has 0 spiro atoms. The Balaban J connectivity index is 2.60. The molecule has 3 N–H and O–H groups in total. The van der Waals surface area contributed by atoms with E-state index in [2.05, 4.69) is 5.32 Å². The van der Waals surface area contributed by atoms with Gasteiger partial charge in [-0.1, -0.05) is 6.07 Å². The zero-order valence-electron chi connectivity index (χ0n) is 10.7. The van der Waals surface area contributed by atoms with Gasteiger partial charge < -0.3 is 11.1 Å². The Hall–Kier alpha value is -1.30. The second kappa shape index (κ2) is 6.23. The zero-order chi connectivity index (χ0) is 14.5. The van der Waals surface area contributed by atoms with Gasteiger partial charge in [-0.3, -0.25) is 0 Å². The Kier molecular flexibility index (Phi) is 5.17. The van der Waals surface area contributed by atoms with Crippen molar-refractivity contribution in [2.45, 2.75) is 37.9 Å². The summed E-state index contributed by atoms with van der Waals surface area (Å²) in [6.07, 6.45) is -4.75. The predicted molar refractivity (Wildman–Crippen MR) is 67.4 cm³/mol. The van der Waals surface area contributed by atoms with Crippen LogP contribution in [0.5, 0.6) is 0 Å². The molecule has 0 saturated heterocycles. The van der Waals surface area contributed by atoms with Gasteiger partial charge in [-0.25, -0.2) is 4.39 Å². The molecule has 0 bridgehead atoms. The van der Waals surface area contributed by atoms with Gasteiger partial charge in [0.2, 0.25) is 0 Å². The van der Waals surface area contributed by atoms with Crippen molar-refractivity contribution in [3.63, 3.8) is 0 Å². The van der Waals surface area contributed by atoms with E-state index in [0.717, 1.165) is 0 Å². The Morgan fingerprint density at radius 2 is 1.89 bits per heavy atom. The van der Waals surface area contributed by atoms with Gasteiger partial charge in [-0.05, 0) is 38.0 Å². The fourth-order valence-corrected chi connectivity index (χ4v) is 1.81. The van der Waals surface area contributed by atoms with Crippen LogP contribution in [0.2, 0.25) is 0 Å². The van der Waals surface area contributed by atoms with E-state index in [4.69, 9.17) is 5.73 Å². The first-order valence-corrected chi connectivity index (χ1v) is 6.05. The van der Waals surface area contributed by atoms with Crippen LogP contribution in [0.25, 0.3) is 0 Å². The molecule has 0 radical (unpaired) electrons. The van der Waals surface area contributed by atoms with E-state index in [1.807, 2.05) is 0 Å². The third kappa shape index (κ3) is 5.92. The minimum atomic E-state index is -4.16. The lowest BCUT2D eigenvalue weighted by molar-refractivity contribution is -0.136. The molecule has 1 aromatic carbocycles. The Morgan fingerprint density at radius 3 is 2.42 bits per heavy atom. The lowest BCUT2D eigenvalue weighted by Crippen LogP contribution is -2.42. The van der Waals surface area contributed by atoms with Crippen LogP contribution >= 0.6 is 0 Å². The molecule has 0 amide bonds. The molecule has 1 rings (SSSR count). The maximum absolute atomic E-state index is 13.0. The number of halogens is 4. The highest BCUT2D eigenvalue weighted by atomic mass is 19.4. The number of benzene rings is 1. The second-order valence-electron chi connectivity index (χ2n) is 4.87. The van der Waals surface area contributed by atoms with Gasteiger partial charge in [0.15, 0.2) is 0 Å². The van der Waals surface area contributed by atoms with Crippen LogP contribution in [0.3, 0.4) is 0 Å². The molecule has 0 fully saturated rings. The van der Waals surface area contributed by atoms with E-state index in [1.54, 1.807) is 13.0 Å². The molecular weight excluding hydrogens is 260 g/mol. The molecule has 1 atom stereocenters. The first kappa shape index (κ1) is 15.8. The number of rotatable bonds is 6. The maximum Gasteiger partial charge on any atom is 0.389 e. The number of nitrogens with two attached hydrogens (primary N) is 1. The predicted octanol–water partition coefficient (Wildman–Crippen LogP) is 3.69. The van der Waals surface area contributed by atoms with Gasteiger partial charge in [0.25, 0.3) is 0 Å². The molecule has 0 heterocycles. The van der Waals surface area contributed by atoms with Crippen molar-refractivity contribution in [2.75, 3.05) is 11.9 Å². The van der Waals surface area contributed by atoms with Gasteiger partial charge >= 0.3 is 6.18 Å².